The molecule has 1 rings (SSSR count). The second-order valence-corrected chi connectivity index (χ2v) is 4.94. The van der Waals surface area contributed by atoms with Gasteiger partial charge in [-0.05, 0) is 31.1 Å². The van der Waals surface area contributed by atoms with Gasteiger partial charge in [-0.3, -0.25) is 0 Å². The zero-order valence-corrected chi connectivity index (χ0v) is 8.95. The van der Waals surface area contributed by atoms with Gasteiger partial charge in [0.1, 0.15) is 0 Å². The van der Waals surface area contributed by atoms with Crippen molar-refractivity contribution in [1.82, 2.24) is 0 Å². The summed E-state index contributed by atoms with van der Waals surface area (Å²) in [6, 6.07) is 0. The third-order valence-corrected chi connectivity index (χ3v) is 3.84. The van der Waals surface area contributed by atoms with Crippen molar-refractivity contribution in [2.75, 3.05) is 6.61 Å². The van der Waals surface area contributed by atoms with Gasteiger partial charge < -0.3 is 10.2 Å². The Morgan fingerprint density at radius 2 is 2.08 bits per heavy atom. The molecule has 1 saturated carbocycles. The summed E-state index contributed by atoms with van der Waals surface area (Å²) in [7, 11) is 0. The lowest BCUT2D eigenvalue weighted by atomic mass is 9.63. The molecular formula is C11H22O2. The molecule has 1 aliphatic carbocycles. The quantitative estimate of drug-likeness (QED) is 0.690. The van der Waals surface area contributed by atoms with Gasteiger partial charge in [0.2, 0.25) is 0 Å². The molecule has 0 aromatic carbocycles. The van der Waals surface area contributed by atoms with E-state index in [2.05, 4.69) is 20.8 Å². The predicted octanol–water partition coefficient (Wildman–Crippen LogP) is 1.80. The van der Waals surface area contributed by atoms with Gasteiger partial charge >= 0.3 is 0 Å². The van der Waals surface area contributed by atoms with Crippen LogP contribution in [0.15, 0.2) is 0 Å². The molecule has 13 heavy (non-hydrogen) atoms. The number of hydrogen-bond acceptors (Lipinski definition) is 2. The lowest BCUT2D eigenvalue weighted by Crippen LogP contribution is -2.46. The molecule has 78 valence electrons. The summed E-state index contributed by atoms with van der Waals surface area (Å²) >= 11 is 0. The molecule has 0 spiro atoms. The SMILES string of the molecule is CC1CCC(CO)(C(C)C)C(O)C1. The standard InChI is InChI=1S/C11H22O2/c1-8(2)11(7-12)5-4-9(3)6-10(11)13/h8-10,12-13H,4-7H2,1-3H3. The van der Waals surface area contributed by atoms with Crippen molar-refractivity contribution < 1.29 is 10.2 Å². The van der Waals surface area contributed by atoms with E-state index < -0.39 is 0 Å². The molecule has 2 N–H and O–H groups in total. The van der Waals surface area contributed by atoms with Crippen LogP contribution < -0.4 is 0 Å². The first-order valence-electron chi connectivity index (χ1n) is 5.32. The predicted molar refractivity (Wildman–Crippen MR) is 53.4 cm³/mol. The molecule has 0 saturated heterocycles. The first-order chi connectivity index (χ1) is 6.03. The van der Waals surface area contributed by atoms with Crippen molar-refractivity contribution >= 4 is 0 Å². The van der Waals surface area contributed by atoms with Gasteiger partial charge in [-0.1, -0.05) is 20.8 Å². The zero-order valence-electron chi connectivity index (χ0n) is 8.95. The van der Waals surface area contributed by atoms with Crippen LogP contribution in [0, 0.1) is 17.3 Å². The first kappa shape index (κ1) is 11.0. The minimum atomic E-state index is -0.318. The Bertz CT molecular complexity index is 167. The number of rotatable bonds is 2. The molecule has 0 amide bonds. The van der Waals surface area contributed by atoms with Crippen LogP contribution in [0.3, 0.4) is 0 Å². The number of aliphatic hydroxyl groups excluding tert-OH is 2. The smallest absolute Gasteiger partial charge is 0.0623 e. The van der Waals surface area contributed by atoms with Crippen molar-refractivity contribution in [1.29, 1.82) is 0 Å². The van der Waals surface area contributed by atoms with Crippen molar-refractivity contribution in [3.8, 4) is 0 Å². The summed E-state index contributed by atoms with van der Waals surface area (Å²) in [6.45, 7) is 6.48. The molecule has 1 aliphatic rings. The molecule has 2 nitrogen and oxygen atoms in total. The van der Waals surface area contributed by atoms with Gasteiger partial charge in [0.25, 0.3) is 0 Å². The highest BCUT2D eigenvalue weighted by Gasteiger charge is 2.43. The van der Waals surface area contributed by atoms with Crippen LogP contribution >= 0.6 is 0 Å². The van der Waals surface area contributed by atoms with Gasteiger partial charge in [0.15, 0.2) is 0 Å². The first-order valence-corrected chi connectivity index (χ1v) is 5.32. The van der Waals surface area contributed by atoms with Crippen molar-refractivity contribution in [3.05, 3.63) is 0 Å². The fourth-order valence-electron chi connectivity index (χ4n) is 2.46. The number of aliphatic hydroxyl groups is 2. The Labute approximate surface area is 81.0 Å². The largest absolute Gasteiger partial charge is 0.396 e. The lowest BCUT2D eigenvalue weighted by molar-refractivity contribution is -0.0882. The van der Waals surface area contributed by atoms with E-state index in [4.69, 9.17) is 0 Å². The van der Waals surface area contributed by atoms with Gasteiger partial charge in [-0.2, -0.15) is 0 Å². The molecule has 0 bridgehead atoms. The lowest BCUT2D eigenvalue weighted by Gasteiger charge is -2.45. The molecule has 3 atom stereocenters. The van der Waals surface area contributed by atoms with E-state index in [0.29, 0.717) is 11.8 Å². The summed E-state index contributed by atoms with van der Waals surface area (Å²) < 4.78 is 0. The van der Waals surface area contributed by atoms with Crippen molar-refractivity contribution in [2.24, 2.45) is 17.3 Å². The van der Waals surface area contributed by atoms with Crippen LogP contribution in [0.25, 0.3) is 0 Å². The monoisotopic (exact) mass is 186 g/mol. The van der Waals surface area contributed by atoms with Gasteiger partial charge in [-0.25, -0.2) is 0 Å². The van der Waals surface area contributed by atoms with E-state index in [1.807, 2.05) is 0 Å². The van der Waals surface area contributed by atoms with Crippen LogP contribution in [0.4, 0.5) is 0 Å². The Kier molecular flexibility index (Phi) is 3.36. The second kappa shape index (κ2) is 3.97. The van der Waals surface area contributed by atoms with E-state index in [1.165, 1.54) is 0 Å². The summed E-state index contributed by atoms with van der Waals surface area (Å²) in [6.07, 6.45) is 2.62. The maximum atomic E-state index is 10.0. The van der Waals surface area contributed by atoms with Gasteiger partial charge in [-0.15, -0.1) is 0 Å². The third kappa shape index (κ3) is 1.89. The van der Waals surface area contributed by atoms with Gasteiger partial charge in [0.05, 0.1) is 12.7 Å². The zero-order chi connectivity index (χ0) is 10.1. The summed E-state index contributed by atoms with van der Waals surface area (Å²) in [4.78, 5) is 0. The van der Waals surface area contributed by atoms with Crippen LogP contribution in [-0.2, 0) is 0 Å². The Morgan fingerprint density at radius 3 is 2.46 bits per heavy atom. The van der Waals surface area contributed by atoms with Crippen molar-refractivity contribution in [3.63, 3.8) is 0 Å². The fourth-order valence-corrected chi connectivity index (χ4v) is 2.46. The average molecular weight is 186 g/mol. The molecular weight excluding hydrogens is 164 g/mol. The fraction of sp³-hybridized carbons (Fsp3) is 1.00. The highest BCUT2D eigenvalue weighted by Crippen LogP contribution is 2.43. The molecule has 0 heterocycles. The normalized spacial score (nSPS) is 41.1. The maximum Gasteiger partial charge on any atom is 0.0623 e. The minimum Gasteiger partial charge on any atom is -0.396 e. The van der Waals surface area contributed by atoms with Crippen LogP contribution in [-0.4, -0.2) is 22.9 Å². The third-order valence-electron chi connectivity index (χ3n) is 3.84. The molecule has 3 unspecified atom stereocenters. The van der Waals surface area contributed by atoms with Gasteiger partial charge in [0, 0.05) is 5.41 Å². The Morgan fingerprint density at radius 1 is 1.46 bits per heavy atom. The summed E-state index contributed by atoms with van der Waals surface area (Å²) in [5.74, 6) is 0.966. The van der Waals surface area contributed by atoms with E-state index in [9.17, 15) is 10.2 Å². The van der Waals surface area contributed by atoms with Crippen LogP contribution in [0.5, 0.6) is 0 Å². The van der Waals surface area contributed by atoms with E-state index in [-0.39, 0.29) is 18.1 Å². The maximum absolute atomic E-state index is 10.0. The molecule has 0 aromatic rings. The van der Waals surface area contributed by atoms with Crippen molar-refractivity contribution in [2.45, 2.75) is 46.1 Å². The topological polar surface area (TPSA) is 40.5 Å². The second-order valence-electron chi connectivity index (χ2n) is 4.94. The Hall–Kier alpha value is -0.0800. The number of hydrogen-bond donors (Lipinski definition) is 2. The molecule has 0 aliphatic heterocycles. The average Bonchev–Trinajstić information content (AvgIpc) is 2.04. The molecule has 0 radical (unpaired) electrons. The summed E-state index contributed by atoms with van der Waals surface area (Å²) in [5, 5.41) is 19.4. The molecule has 2 heteroatoms. The molecule has 1 fully saturated rings. The van der Waals surface area contributed by atoms with E-state index in [0.717, 1.165) is 19.3 Å². The highest BCUT2D eigenvalue weighted by molar-refractivity contribution is 4.93. The van der Waals surface area contributed by atoms with E-state index >= 15 is 0 Å². The highest BCUT2D eigenvalue weighted by atomic mass is 16.3. The molecule has 0 aromatic heterocycles. The summed E-state index contributed by atoms with van der Waals surface area (Å²) in [5.41, 5.74) is -0.230. The van der Waals surface area contributed by atoms with Crippen LogP contribution in [0.1, 0.15) is 40.0 Å². The Balaban J connectivity index is 2.75. The van der Waals surface area contributed by atoms with E-state index in [1.54, 1.807) is 0 Å². The minimum absolute atomic E-state index is 0.124. The van der Waals surface area contributed by atoms with Crippen LogP contribution in [0.2, 0.25) is 0 Å².